The summed E-state index contributed by atoms with van der Waals surface area (Å²) in [5.41, 5.74) is 7.80. The highest BCUT2D eigenvalue weighted by Gasteiger charge is 2.08. The third kappa shape index (κ3) is 7.40. The highest BCUT2D eigenvalue weighted by Crippen LogP contribution is 2.21. The number of hydrogen-bond donors (Lipinski definition) is 3. The molecule has 0 saturated carbocycles. The van der Waals surface area contributed by atoms with Gasteiger partial charge in [-0.3, -0.25) is 20.4 Å². The Bertz CT molecular complexity index is 1040. The third-order valence-corrected chi connectivity index (χ3v) is 4.63. The van der Waals surface area contributed by atoms with Crippen LogP contribution in [0, 0.1) is 0 Å². The maximum Gasteiger partial charge on any atom is 0.276 e. The summed E-state index contributed by atoms with van der Waals surface area (Å²) in [7, 11) is 0. The van der Waals surface area contributed by atoms with Crippen LogP contribution in [0.4, 0.5) is 0 Å². The van der Waals surface area contributed by atoms with E-state index in [-0.39, 0.29) is 24.0 Å². The number of rotatable bonds is 6. The van der Waals surface area contributed by atoms with E-state index in [1.54, 1.807) is 36.4 Å². The van der Waals surface area contributed by atoms with E-state index in [2.05, 4.69) is 16.2 Å². The van der Waals surface area contributed by atoms with Crippen molar-refractivity contribution in [3.05, 3.63) is 89.4 Å². The standard InChI is InChI=1S/C23H20ClN3O3S/c24-19-10-6-16(7-11-19)14-21(28)25-23(31)27-26-22(29)15-30-20-12-8-18(9-13-20)17-4-2-1-3-5-17/h1-13H,14-15H2,(H,26,29)(H2,25,27,28,31). The van der Waals surface area contributed by atoms with Gasteiger partial charge in [-0.2, -0.15) is 0 Å². The van der Waals surface area contributed by atoms with E-state index >= 15 is 0 Å². The quantitative estimate of drug-likeness (QED) is 0.392. The molecule has 0 bridgehead atoms. The number of nitrogens with one attached hydrogen (secondary N) is 3. The molecule has 0 saturated heterocycles. The lowest BCUT2D eigenvalue weighted by Gasteiger charge is -2.12. The van der Waals surface area contributed by atoms with Crippen LogP contribution >= 0.6 is 23.8 Å². The van der Waals surface area contributed by atoms with Gasteiger partial charge in [-0.1, -0.05) is 66.2 Å². The second-order valence-electron chi connectivity index (χ2n) is 6.53. The molecule has 31 heavy (non-hydrogen) atoms. The van der Waals surface area contributed by atoms with Gasteiger partial charge in [-0.05, 0) is 53.2 Å². The van der Waals surface area contributed by atoms with Gasteiger partial charge in [0, 0.05) is 5.02 Å². The first-order valence-corrected chi connectivity index (χ1v) is 10.2. The topological polar surface area (TPSA) is 79.5 Å². The van der Waals surface area contributed by atoms with E-state index in [1.807, 2.05) is 42.5 Å². The van der Waals surface area contributed by atoms with Gasteiger partial charge in [0.15, 0.2) is 11.7 Å². The minimum atomic E-state index is -0.443. The van der Waals surface area contributed by atoms with Crippen molar-refractivity contribution in [2.24, 2.45) is 0 Å². The lowest BCUT2D eigenvalue weighted by Crippen LogP contribution is -2.49. The molecule has 0 radical (unpaired) electrons. The molecule has 0 atom stereocenters. The number of halogens is 1. The first-order valence-electron chi connectivity index (χ1n) is 9.41. The smallest absolute Gasteiger partial charge is 0.276 e. The molecule has 2 amide bonds. The van der Waals surface area contributed by atoms with E-state index in [9.17, 15) is 9.59 Å². The van der Waals surface area contributed by atoms with Crippen LogP contribution < -0.4 is 20.9 Å². The minimum Gasteiger partial charge on any atom is -0.484 e. The Labute approximate surface area is 190 Å². The fraction of sp³-hybridized carbons (Fsp3) is 0.0870. The molecule has 0 spiro atoms. The molecule has 3 rings (SSSR count). The number of carbonyl (C=O) groups is 2. The van der Waals surface area contributed by atoms with E-state index in [0.717, 1.165) is 16.7 Å². The summed E-state index contributed by atoms with van der Waals surface area (Å²) in [6.45, 7) is -0.209. The van der Waals surface area contributed by atoms with Gasteiger partial charge in [0.2, 0.25) is 5.91 Å². The molecule has 3 N–H and O–H groups in total. The van der Waals surface area contributed by atoms with Crippen molar-refractivity contribution < 1.29 is 14.3 Å². The summed E-state index contributed by atoms with van der Waals surface area (Å²) in [6, 6.07) is 24.3. The number of carbonyl (C=O) groups excluding carboxylic acids is 2. The Morgan fingerprint density at radius 3 is 2.13 bits per heavy atom. The summed E-state index contributed by atoms with van der Waals surface area (Å²) in [6.07, 6.45) is 0.134. The molecule has 0 aliphatic carbocycles. The Morgan fingerprint density at radius 2 is 1.45 bits per heavy atom. The number of benzene rings is 3. The average Bonchev–Trinajstić information content (AvgIpc) is 2.79. The summed E-state index contributed by atoms with van der Waals surface area (Å²) >= 11 is 10.8. The van der Waals surface area contributed by atoms with Crippen molar-refractivity contribution in [3.63, 3.8) is 0 Å². The molecule has 0 aliphatic rings. The molecular formula is C23H20ClN3O3S. The summed E-state index contributed by atoms with van der Waals surface area (Å²) in [4.78, 5) is 23.9. The van der Waals surface area contributed by atoms with Crippen LogP contribution in [-0.4, -0.2) is 23.5 Å². The highest BCUT2D eigenvalue weighted by molar-refractivity contribution is 7.80. The van der Waals surface area contributed by atoms with Gasteiger partial charge in [-0.25, -0.2) is 0 Å². The number of hydrogen-bond acceptors (Lipinski definition) is 4. The Hall–Kier alpha value is -3.42. The molecule has 0 fully saturated rings. The van der Waals surface area contributed by atoms with E-state index < -0.39 is 5.91 Å². The fourth-order valence-electron chi connectivity index (χ4n) is 2.68. The number of ether oxygens (including phenoxy) is 1. The Morgan fingerprint density at radius 1 is 0.806 bits per heavy atom. The molecule has 158 valence electrons. The van der Waals surface area contributed by atoms with Crippen LogP contribution in [-0.2, 0) is 16.0 Å². The van der Waals surface area contributed by atoms with Crippen LogP contribution in [0.1, 0.15) is 5.56 Å². The van der Waals surface area contributed by atoms with Gasteiger partial charge in [-0.15, -0.1) is 0 Å². The fourth-order valence-corrected chi connectivity index (χ4v) is 2.97. The molecule has 6 nitrogen and oxygen atoms in total. The predicted octanol–water partition coefficient (Wildman–Crippen LogP) is 3.65. The number of amides is 2. The van der Waals surface area contributed by atoms with E-state index in [0.29, 0.717) is 10.8 Å². The van der Waals surface area contributed by atoms with E-state index in [1.165, 1.54) is 0 Å². The molecule has 3 aromatic rings. The molecule has 0 aliphatic heterocycles. The largest absolute Gasteiger partial charge is 0.484 e. The van der Waals surface area contributed by atoms with Crippen LogP contribution in [0.3, 0.4) is 0 Å². The SMILES string of the molecule is O=C(COc1ccc(-c2ccccc2)cc1)NNC(=S)NC(=O)Cc1ccc(Cl)cc1. The second-order valence-corrected chi connectivity index (χ2v) is 7.38. The first-order chi connectivity index (χ1) is 15.0. The van der Waals surface area contributed by atoms with Gasteiger partial charge in [0.25, 0.3) is 5.91 Å². The van der Waals surface area contributed by atoms with Crippen LogP contribution in [0.5, 0.6) is 5.75 Å². The molecule has 0 aromatic heterocycles. The van der Waals surface area contributed by atoms with Gasteiger partial charge in [0.05, 0.1) is 6.42 Å². The maximum atomic E-state index is 12.0. The van der Waals surface area contributed by atoms with Crippen molar-refractivity contribution in [2.45, 2.75) is 6.42 Å². The predicted molar refractivity (Wildman–Crippen MR) is 125 cm³/mol. The van der Waals surface area contributed by atoms with Gasteiger partial charge < -0.3 is 10.1 Å². The van der Waals surface area contributed by atoms with Crippen molar-refractivity contribution >= 4 is 40.7 Å². The maximum absolute atomic E-state index is 12.0. The molecule has 3 aromatic carbocycles. The highest BCUT2D eigenvalue weighted by atomic mass is 35.5. The van der Waals surface area contributed by atoms with Crippen molar-refractivity contribution in [1.82, 2.24) is 16.2 Å². The molecular weight excluding hydrogens is 434 g/mol. The van der Waals surface area contributed by atoms with Crippen LogP contribution in [0.25, 0.3) is 11.1 Å². The number of hydrazine groups is 1. The lowest BCUT2D eigenvalue weighted by atomic mass is 10.1. The summed E-state index contributed by atoms with van der Waals surface area (Å²) < 4.78 is 5.47. The van der Waals surface area contributed by atoms with Crippen molar-refractivity contribution in [1.29, 1.82) is 0 Å². The zero-order chi connectivity index (χ0) is 22.1. The zero-order valence-electron chi connectivity index (χ0n) is 16.4. The lowest BCUT2D eigenvalue weighted by molar-refractivity contribution is -0.124. The number of thiocarbonyl (C=S) groups is 1. The minimum absolute atomic E-state index is 0.0143. The molecule has 0 unspecified atom stereocenters. The second kappa shape index (κ2) is 11.1. The monoisotopic (exact) mass is 453 g/mol. The summed E-state index contributed by atoms with van der Waals surface area (Å²) in [5.74, 6) is -0.195. The average molecular weight is 454 g/mol. The van der Waals surface area contributed by atoms with Crippen molar-refractivity contribution in [3.8, 4) is 16.9 Å². The van der Waals surface area contributed by atoms with Gasteiger partial charge in [0.1, 0.15) is 5.75 Å². The first kappa shape index (κ1) is 22.3. The third-order valence-electron chi connectivity index (χ3n) is 4.18. The van der Waals surface area contributed by atoms with Crippen LogP contribution in [0.15, 0.2) is 78.9 Å². The summed E-state index contributed by atoms with van der Waals surface area (Å²) in [5, 5.41) is 3.07. The zero-order valence-corrected chi connectivity index (χ0v) is 18.0. The Balaban J connectivity index is 1.37. The van der Waals surface area contributed by atoms with E-state index in [4.69, 9.17) is 28.6 Å². The van der Waals surface area contributed by atoms with Crippen molar-refractivity contribution in [2.75, 3.05) is 6.61 Å². The van der Waals surface area contributed by atoms with Gasteiger partial charge >= 0.3 is 0 Å². The van der Waals surface area contributed by atoms with Crippen LogP contribution in [0.2, 0.25) is 5.02 Å². The molecule has 8 heteroatoms. The Kier molecular flexibility index (Phi) is 7.98. The normalized spacial score (nSPS) is 10.1. The molecule has 0 heterocycles.